The fourth-order valence-corrected chi connectivity index (χ4v) is 3.45. The number of rotatable bonds is 7. The van der Waals surface area contributed by atoms with E-state index in [0.29, 0.717) is 38.3 Å². The van der Waals surface area contributed by atoms with Crippen molar-refractivity contribution in [3.05, 3.63) is 36.0 Å². The van der Waals surface area contributed by atoms with Crippen molar-refractivity contribution in [1.29, 1.82) is 0 Å². The standard InChI is InChI=1S/C20H28N4O2.ClH/c21-10-6-2-1-3-9-19(25)23-11-13-24(14-12-23)20(26)18-15-16-7-4-5-8-17(16)22-18;/h4-5,7-8,15,22H,1-3,6,9-14,21H2;1H. The van der Waals surface area contributed by atoms with E-state index >= 15 is 0 Å². The molecule has 0 spiro atoms. The Morgan fingerprint density at radius 2 is 1.63 bits per heavy atom. The molecule has 1 aromatic heterocycles. The number of nitrogens with one attached hydrogen (secondary N) is 1. The maximum atomic E-state index is 12.7. The molecule has 6 nitrogen and oxygen atoms in total. The lowest BCUT2D eigenvalue weighted by Gasteiger charge is -2.34. The summed E-state index contributed by atoms with van der Waals surface area (Å²) in [6, 6.07) is 9.78. The topological polar surface area (TPSA) is 82.4 Å². The van der Waals surface area contributed by atoms with Crippen LogP contribution in [0.1, 0.15) is 42.6 Å². The number of H-pyrrole nitrogens is 1. The number of para-hydroxylation sites is 1. The number of benzene rings is 1. The van der Waals surface area contributed by atoms with E-state index in [4.69, 9.17) is 5.73 Å². The van der Waals surface area contributed by atoms with Gasteiger partial charge in [0.05, 0.1) is 0 Å². The van der Waals surface area contributed by atoms with Crippen LogP contribution in [0.4, 0.5) is 0 Å². The molecule has 0 bridgehead atoms. The van der Waals surface area contributed by atoms with Crippen LogP contribution in [-0.2, 0) is 4.79 Å². The van der Waals surface area contributed by atoms with Gasteiger partial charge in [-0.1, -0.05) is 31.0 Å². The van der Waals surface area contributed by atoms with Gasteiger partial charge in [-0.3, -0.25) is 9.59 Å². The maximum absolute atomic E-state index is 12.7. The molecule has 27 heavy (non-hydrogen) atoms. The third kappa shape index (κ3) is 5.47. The van der Waals surface area contributed by atoms with Crippen molar-refractivity contribution < 1.29 is 9.59 Å². The van der Waals surface area contributed by atoms with Gasteiger partial charge >= 0.3 is 0 Å². The van der Waals surface area contributed by atoms with Crippen molar-refractivity contribution in [2.45, 2.75) is 32.1 Å². The predicted molar refractivity (Wildman–Crippen MR) is 110 cm³/mol. The highest BCUT2D eigenvalue weighted by Crippen LogP contribution is 2.17. The lowest BCUT2D eigenvalue weighted by atomic mass is 10.1. The number of nitrogens with two attached hydrogens (primary N) is 1. The molecular formula is C20H29ClN4O2. The molecular weight excluding hydrogens is 364 g/mol. The zero-order valence-electron chi connectivity index (χ0n) is 15.7. The second kappa shape index (κ2) is 10.3. The summed E-state index contributed by atoms with van der Waals surface area (Å²) in [5, 5.41) is 1.04. The molecule has 1 fully saturated rings. The Hall–Kier alpha value is -2.05. The van der Waals surface area contributed by atoms with E-state index in [1.165, 1.54) is 0 Å². The minimum absolute atomic E-state index is 0. The molecule has 7 heteroatoms. The Kier molecular flexibility index (Phi) is 8.13. The minimum Gasteiger partial charge on any atom is -0.351 e. The number of aromatic amines is 1. The van der Waals surface area contributed by atoms with E-state index in [9.17, 15) is 9.59 Å². The summed E-state index contributed by atoms with van der Waals surface area (Å²) in [4.78, 5) is 31.9. The lowest BCUT2D eigenvalue weighted by molar-refractivity contribution is -0.132. The molecule has 0 radical (unpaired) electrons. The number of hydrogen-bond donors (Lipinski definition) is 2. The van der Waals surface area contributed by atoms with E-state index in [1.54, 1.807) is 0 Å². The minimum atomic E-state index is 0. The molecule has 2 heterocycles. The SMILES string of the molecule is Cl.NCCCCCCC(=O)N1CCN(C(=O)c2cc3ccccc3[nH]2)CC1. The number of carbonyl (C=O) groups is 2. The van der Waals surface area contributed by atoms with Gasteiger partial charge in [0.2, 0.25) is 5.91 Å². The van der Waals surface area contributed by atoms with Gasteiger partial charge in [0.15, 0.2) is 0 Å². The number of amides is 2. The number of hydrogen-bond acceptors (Lipinski definition) is 3. The van der Waals surface area contributed by atoms with E-state index in [-0.39, 0.29) is 24.2 Å². The fraction of sp³-hybridized carbons (Fsp3) is 0.500. The average Bonchev–Trinajstić information content (AvgIpc) is 3.11. The monoisotopic (exact) mass is 392 g/mol. The van der Waals surface area contributed by atoms with Gasteiger partial charge < -0.3 is 20.5 Å². The number of nitrogens with zero attached hydrogens (tertiary/aromatic N) is 2. The van der Waals surface area contributed by atoms with Gasteiger partial charge in [-0.2, -0.15) is 0 Å². The van der Waals surface area contributed by atoms with Crippen LogP contribution in [0, 0.1) is 0 Å². The van der Waals surface area contributed by atoms with Gasteiger partial charge in [-0.15, -0.1) is 12.4 Å². The van der Waals surface area contributed by atoms with Crippen molar-refractivity contribution in [3.8, 4) is 0 Å². The molecule has 3 N–H and O–H groups in total. The first-order valence-electron chi connectivity index (χ1n) is 9.54. The summed E-state index contributed by atoms with van der Waals surface area (Å²) in [5.74, 6) is 0.213. The number of unbranched alkanes of at least 4 members (excludes halogenated alkanes) is 3. The Bertz CT molecular complexity index is 720. The van der Waals surface area contributed by atoms with E-state index < -0.39 is 0 Å². The number of halogens is 1. The predicted octanol–water partition coefficient (Wildman–Crippen LogP) is 2.78. The van der Waals surface area contributed by atoms with Crippen LogP contribution in [-0.4, -0.2) is 59.3 Å². The number of fused-ring (bicyclic) bond motifs is 1. The van der Waals surface area contributed by atoms with Crippen molar-refractivity contribution in [2.75, 3.05) is 32.7 Å². The van der Waals surface area contributed by atoms with Crippen molar-refractivity contribution >= 4 is 35.1 Å². The van der Waals surface area contributed by atoms with Gasteiger partial charge in [0.1, 0.15) is 5.69 Å². The number of piperazine rings is 1. The zero-order valence-corrected chi connectivity index (χ0v) is 16.5. The highest BCUT2D eigenvalue weighted by Gasteiger charge is 2.25. The molecule has 0 atom stereocenters. The highest BCUT2D eigenvalue weighted by molar-refractivity contribution is 5.98. The Balaban J connectivity index is 0.00000261. The maximum Gasteiger partial charge on any atom is 0.270 e. The first kappa shape index (κ1) is 21.3. The quantitative estimate of drug-likeness (QED) is 0.711. The third-order valence-electron chi connectivity index (χ3n) is 5.02. The molecule has 2 aromatic rings. The number of carbonyl (C=O) groups excluding carboxylic acids is 2. The second-order valence-electron chi connectivity index (χ2n) is 6.90. The summed E-state index contributed by atoms with van der Waals surface area (Å²) < 4.78 is 0. The molecule has 1 aliphatic heterocycles. The van der Waals surface area contributed by atoms with Crippen molar-refractivity contribution in [3.63, 3.8) is 0 Å². The van der Waals surface area contributed by atoms with Crippen LogP contribution in [0.15, 0.2) is 30.3 Å². The lowest BCUT2D eigenvalue weighted by Crippen LogP contribution is -2.50. The van der Waals surface area contributed by atoms with Crippen LogP contribution < -0.4 is 5.73 Å². The smallest absolute Gasteiger partial charge is 0.270 e. The first-order valence-corrected chi connectivity index (χ1v) is 9.54. The molecule has 1 saturated heterocycles. The van der Waals surface area contributed by atoms with Crippen LogP contribution >= 0.6 is 12.4 Å². The molecule has 0 aliphatic carbocycles. The van der Waals surface area contributed by atoms with Gasteiger partial charge in [-0.25, -0.2) is 0 Å². The average molecular weight is 393 g/mol. The van der Waals surface area contributed by atoms with Crippen molar-refractivity contribution in [1.82, 2.24) is 14.8 Å². The molecule has 1 aromatic carbocycles. The van der Waals surface area contributed by atoms with Crippen LogP contribution in [0.3, 0.4) is 0 Å². The Labute approximate surface area is 166 Å². The van der Waals surface area contributed by atoms with E-state index in [2.05, 4.69) is 4.98 Å². The van der Waals surface area contributed by atoms with Gasteiger partial charge in [0, 0.05) is 43.5 Å². The molecule has 2 amide bonds. The largest absolute Gasteiger partial charge is 0.351 e. The van der Waals surface area contributed by atoms with E-state index in [1.807, 2.05) is 40.1 Å². The van der Waals surface area contributed by atoms with Crippen LogP contribution in [0.25, 0.3) is 10.9 Å². The Morgan fingerprint density at radius 3 is 2.33 bits per heavy atom. The fourth-order valence-electron chi connectivity index (χ4n) is 3.45. The zero-order chi connectivity index (χ0) is 18.4. The molecule has 0 saturated carbocycles. The van der Waals surface area contributed by atoms with Crippen LogP contribution in [0.5, 0.6) is 0 Å². The second-order valence-corrected chi connectivity index (χ2v) is 6.90. The molecule has 3 rings (SSSR count). The summed E-state index contributed by atoms with van der Waals surface area (Å²) in [6.45, 7) is 3.14. The summed E-state index contributed by atoms with van der Waals surface area (Å²) in [5.41, 5.74) is 7.07. The summed E-state index contributed by atoms with van der Waals surface area (Å²) in [6.07, 6.45) is 4.70. The van der Waals surface area contributed by atoms with Crippen molar-refractivity contribution in [2.24, 2.45) is 5.73 Å². The molecule has 0 unspecified atom stereocenters. The molecule has 148 valence electrons. The summed E-state index contributed by atoms with van der Waals surface area (Å²) in [7, 11) is 0. The summed E-state index contributed by atoms with van der Waals surface area (Å²) >= 11 is 0. The van der Waals surface area contributed by atoms with E-state index in [0.717, 1.165) is 43.1 Å². The Morgan fingerprint density at radius 1 is 0.963 bits per heavy atom. The highest BCUT2D eigenvalue weighted by atomic mass is 35.5. The van der Waals surface area contributed by atoms with Gasteiger partial charge in [-0.05, 0) is 31.5 Å². The third-order valence-corrected chi connectivity index (χ3v) is 5.02. The van der Waals surface area contributed by atoms with Gasteiger partial charge in [0.25, 0.3) is 5.91 Å². The molecule has 1 aliphatic rings. The normalized spacial score (nSPS) is 14.3. The van der Waals surface area contributed by atoms with Crippen LogP contribution in [0.2, 0.25) is 0 Å². The number of aromatic nitrogens is 1. The first-order chi connectivity index (χ1) is 12.7.